The van der Waals surface area contributed by atoms with E-state index < -0.39 is 0 Å². The molecule has 2 aromatic heterocycles. The van der Waals surface area contributed by atoms with Crippen LogP contribution < -0.4 is 10.1 Å². The monoisotopic (exact) mass is 419 g/mol. The zero-order chi connectivity index (χ0) is 21.5. The van der Waals surface area contributed by atoms with Crippen LogP contribution in [0.1, 0.15) is 42.5 Å². The van der Waals surface area contributed by atoms with Crippen LogP contribution in [0.2, 0.25) is 0 Å². The average molecular weight is 420 g/mol. The molecule has 1 aliphatic rings. The fourth-order valence-electron chi connectivity index (χ4n) is 4.00. The number of piperidine rings is 1. The third-order valence-corrected chi connectivity index (χ3v) is 5.58. The molecule has 3 heterocycles. The van der Waals surface area contributed by atoms with Gasteiger partial charge >= 0.3 is 0 Å². The standard InChI is InChI=1S/C24H29N5O2/c1-2-31-22-7-6-18(13-20(22)17-30)16-29-11-8-19(9-12-29)21-14-25-15-24(27-21)28-23-5-3-4-10-26-23/h3-7,10,13-15,19,30H,2,8-9,11-12,16-17H2,1H3,(H,26,27,28). The first-order valence-electron chi connectivity index (χ1n) is 10.8. The van der Waals surface area contributed by atoms with Crippen LogP contribution in [0, 0.1) is 0 Å². The summed E-state index contributed by atoms with van der Waals surface area (Å²) in [5.74, 6) is 2.67. The van der Waals surface area contributed by atoms with E-state index in [4.69, 9.17) is 9.72 Å². The molecule has 0 aliphatic carbocycles. The lowest BCUT2D eigenvalue weighted by atomic mass is 9.93. The summed E-state index contributed by atoms with van der Waals surface area (Å²) in [6.07, 6.45) is 7.46. The minimum Gasteiger partial charge on any atom is -0.494 e. The molecule has 1 saturated heterocycles. The van der Waals surface area contributed by atoms with Crippen molar-refractivity contribution >= 4 is 11.6 Å². The largest absolute Gasteiger partial charge is 0.494 e. The number of aliphatic hydroxyl groups is 1. The van der Waals surface area contributed by atoms with Crippen LogP contribution in [-0.4, -0.2) is 44.7 Å². The molecule has 0 spiro atoms. The van der Waals surface area contributed by atoms with Gasteiger partial charge in [0.2, 0.25) is 0 Å². The SMILES string of the molecule is CCOc1ccc(CN2CCC(c3cncc(Nc4ccccn4)n3)CC2)cc1CO. The van der Waals surface area contributed by atoms with Crippen molar-refractivity contribution in [3.05, 3.63) is 71.8 Å². The number of aliphatic hydroxyl groups excluding tert-OH is 1. The van der Waals surface area contributed by atoms with Gasteiger partial charge in [0.25, 0.3) is 0 Å². The third kappa shape index (κ3) is 5.57. The Morgan fingerprint density at radius 1 is 1.13 bits per heavy atom. The van der Waals surface area contributed by atoms with Crippen molar-refractivity contribution in [3.63, 3.8) is 0 Å². The number of aromatic nitrogens is 3. The highest BCUT2D eigenvalue weighted by atomic mass is 16.5. The van der Waals surface area contributed by atoms with Crippen LogP contribution in [0.3, 0.4) is 0 Å². The Bertz CT molecular complexity index is 975. The minimum absolute atomic E-state index is 0.00715. The maximum atomic E-state index is 9.64. The second-order valence-corrected chi connectivity index (χ2v) is 7.75. The summed E-state index contributed by atoms with van der Waals surface area (Å²) in [6.45, 7) is 5.43. The van der Waals surface area contributed by atoms with Gasteiger partial charge in [0.15, 0.2) is 0 Å². The Hall–Kier alpha value is -3.03. The zero-order valence-electron chi connectivity index (χ0n) is 17.9. The fraction of sp³-hybridized carbons (Fsp3) is 0.375. The van der Waals surface area contributed by atoms with Crippen LogP contribution >= 0.6 is 0 Å². The molecule has 1 fully saturated rings. The highest BCUT2D eigenvalue weighted by molar-refractivity contribution is 5.50. The van der Waals surface area contributed by atoms with Crippen molar-refractivity contribution in [1.82, 2.24) is 19.9 Å². The maximum Gasteiger partial charge on any atom is 0.150 e. The zero-order valence-corrected chi connectivity index (χ0v) is 17.9. The van der Waals surface area contributed by atoms with Crippen molar-refractivity contribution in [3.8, 4) is 5.75 Å². The summed E-state index contributed by atoms with van der Waals surface area (Å²) in [4.78, 5) is 15.9. The average Bonchev–Trinajstić information content (AvgIpc) is 2.81. The van der Waals surface area contributed by atoms with Crippen molar-refractivity contribution in [2.45, 2.75) is 38.8 Å². The van der Waals surface area contributed by atoms with E-state index in [0.29, 0.717) is 12.5 Å². The van der Waals surface area contributed by atoms with E-state index in [1.54, 1.807) is 12.4 Å². The van der Waals surface area contributed by atoms with Gasteiger partial charge in [-0.2, -0.15) is 0 Å². The number of likely N-dealkylation sites (tertiary alicyclic amines) is 1. The molecule has 3 aromatic rings. The van der Waals surface area contributed by atoms with Gasteiger partial charge in [-0.05, 0) is 62.7 Å². The molecular formula is C24H29N5O2. The van der Waals surface area contributed by atoms with Gasteiger partial charge < -0.3 is 15.2 Å². The Labute approximate surface area is 183 Å². The second kappa shape index (κ2) is 10.3. The van der Waals surface area contributed by atoms with E-state index in [-0.39, 0.29) is 6.61 Å². The first kappa shape index (κ1) is 21.2. The molecule has 2 N–H and O–H groups in total. The van der Waals surface area contributed by atoms with Gasteiger partial charge in [-0.3, -0.25) is 9.88 Å². The predicted molar refractivity (Wildman–Crippen MR) is 120 cm³/mol. The van der Waals surface area contributed by atoms with Crippen molar-refractivity contribution in [2.24, 2.45) is 0 Å². The van der Waals surface area contributed by atoms with Gasteiger partial charge in [0.1, 0.15) is 17.4 Å². The van der Waals surface area contributed by atoms with E-state index in [1.807, 2.05) is 37.4 Å². The fourth-order valence-corrected chi connectivity index (χ4v) is 4.00. The van der Waals surface area contributed by atoms with E-state index in [2.05, 4.69) is 32.3 Å². The maximum absolute atomic E-state index is 9.64. The Balaban J connectivity index is 1.34. The van der Waals surface area contributed by atoms with E-state index in [1.165, 1.54) is 5.56 Å². The molecule has 0 amide bonds. The number of hydrogen-bond acceptors (Lipinski definition) is 7. The van der Waals surface area contributed by atoms with Gasteiger partial charge in [-0.25, -0.2) is 9.97 Å². The Kier molecular flexibility index (Phi) is 7.07. The number of nitrogens with one attached hydrogen (secondary N) is 1. The van der Waals surface area contributed by atoms with Crippen LogP contribution in [0.15, 0.2) is 55.0 Å². The second-order valence-electron chi connectivity index (χ2n) is 7.75. The van der Waals surface area contributed by atoms with Gasteiger partial charge in [-0.1, -0.05) is 12.1 Å². The molecule has 7 nitrogen and oxygen atoms in total. The molecule has 0 saturated carbocycles. The number of hydrogen-bond donors (Lipinski definition) is 2. The lowest BCUT2D eigenvalue weighted by Gasteiger charge is -2.31. The summed E-state index contributed by atoms with van der Waals surface area (Å²) in [6, 6.07) is 11.8. The number of anilines is 2. The Morgan fingerprint density at radius 2 is 2.00 bits per heavy atom. The van der Waals surface area contributed by atoms with Crippen LogP contribution in [0.25, 0.3) is 0 Å². The summed E-state index contributed by atoms with van der Waals surface area (Å²) < 4.78 is 5.59. The number of benzene rings is 1. The first-order valence-corrected chi connectivity index (χ1v) is 10.8. The molecule has 0 radical (unpaired) electrons. The summed E-state index contributed by atoms with van der Waals surface area (Å²) >= 11 is 0. The lowest BCUT2D eigenvalue weighted by Crippen LogP contribution is -2.32. The molecule has 4 rings (SSSR count). The smallest absolute Gasteiger partial charge is 0.150 e. The molecule has 1 aliphatic heterocycles. The van der Waals surface area contributed by atoms with Gasteiger partial charge in [0, 0.05) is 30.4 Å². The summed E-state index contributed by atoms with van der Waals surface area (Å²) in [7, 11) is 0. The molecule has 1 aromatic carbocycles. The lowest BCUT2D eigenvalue weighted by molar-refractivity contribution is 0.203. The third-order valence-electron chi connectivity index (χ3n) is 5.58. The van der Waals surface area contributed by atoms with Crippen LogP contribution in [0.5, 0.6) is 5.75 Å². The van der Waals surface area contributed by atoms with Crippen molar-refractivity contribution in [2.75, 3.05) is 25.0 Å². The molecule has 162 valence electrons. The van der Waals surface area contributed by atoms with Crippen molar-refractivity contribution in [1.29, 1.82) is 0 Å². The van der Waals surface area contributed by atoms with Crippen LogP contribution in [0.4, 0.5) is 11.6 Å². The number of ether oxygens (including phenoxy) is 1. The number of nitrogens with zero attached hydrogens (tertiary/aromatic N) is 4. The molecule has 31 heavy (non-hydrogen) atoms. The quantitative estimate of drug-likeness (QED) is 0.573. The molecule has 0 bridgehead atoms. The minimum atomic E-state index is -0.00715. The van der Waals surface area contributed by atoms with Crippen LogP contribution in [-0.2, 0) is 13.2 Å². The molecule has 0 unspecified atom stereocenters. The van der Waals surface area contributed by atoms with Gasteiger partial charge in [0.05, 0.1) is 25.1 Å². The van der Waals surface area contributed by atoms with E-state index >= 15 is 0 Å². The number of rotatable bonds is 8. The highest BCUT2D eigenvalue weighted by Gasteiger charge is 2.22. The topological polar surface area (TPSA) is 83.4 Å². The molecular weight excluding hydrogens is 390 g/mol. The first-order chi connectivity index (χ1) is 15.2. The summed E-state index contributed by atoms with van der Waals surface area (Å²) in [5, 5.41) is 12.9. The van der Waals surface area contributed by atoms with Crippen molar-refractivity contribution < 1.29 is 9.84 Å². The predicted octanol–water partition coefficient (Wildman–Crippen LogP) is 3.89. The van der Waals surface area contributed by atoms with E-state index in [0.717, 1.165) is 61.1 Å². The Morgan fingerprint density at radius 3 is 2.74 bits per heavy atom. The number of pyridine rings is 1. The molecule has 0 atom stereocenters. The van der Waals surface area contributed by atoms with Gasteiger partial charge in [-0.15, -0.1) is 0 Å². The highest BCUT2D eigenvalue weighted by Crippen LogP contribution is 2.29. The van der Waals surface area contributed by atoms with E-state index in [9.17, 15) is 5.11 Å². The normalized spacial score (nSPS) is 15.0. The molecule has 7 heteroatoms. The summed E-state index contributed by atoms with van der Waals surface area (Å²) in [5.41, 5.74) is 3.08.